The van der Waals surface area contributed by atoms with Crippen LogP contribution in [0.25, 0.3) is 11.3 Å². The molecule has 0 fully saturated rings. The summed E-state index contributed by atoms with van der Waals surface area (Å²) in [4.78, 5) is 18.7. The third-order valence-electron chi connectivity index (χ3n) is 2.72. The Balaban J connectivity index is 2.65. The minimum Gasteiger partial charge on any atom is -0.334 e. The third-order valence-corrected chi connectivity index (χ3v) is 2.91. The molecule has 0 saturated heterocycles. The normalized spacial score (nSPS) is 10.3. The molecule has 0 aliphatic rings. The number of hydrogen-bond acceptors (Lipinski definition) is 3. The summed E-state index contributed by atoms with van der Waals surface area (Å²) in [5, 5.41) is 0. The van der Waals surface area contributed by atoms with Crippen molar-refractivity contribution in [2.75, 3.05) is 0 Å². The summed E-state index contributed by atoms with van der Waals surface area (Å²) in [6.07, 6.45) is 0.370. The Morgan fingerprint density at radius 1 is 1.33 bits per heavy atom. The summed E-state index contributed by atoms with van der Waals surface area (Å²) in [7, 11) is 0. The molecule has 92 valence electrons. The SMILES string of the molecule is CC(=O)Cc1c(-c2ccccc2)nc(=S)[nH]c1C. The molecule has 0 spiro atoms. The van der Waals surface area contributed by atoms with E-state index in [0.717, 1.165) is 22.5 Å². The molecule has 3 nitrogen and oxygen atoms in total. The average molecular weight is 258 g/mol. The average Bonchev–Trinajstić information content (AvgIpc) is 2.33. The second-order valence-electron chi connectivity index (χ2n) is 4.24. The molecule has 0 saturated carbocycles. The third kappa shape index (κ3) is 2.71. The largest absolute Gasteiger partial charge is 0.334 e. The Bertz CT molecular complexity index is 632. The highest BCUT2D eigenvalue weighted by Gasteiger charge is 2.12. The number of carbonyl (C=O) groups is 1. The molecule has 1 aromatic heterocycles. The van der Waals surface area contributed by atoms with Crippen molar-refractivity contribution >= 4 is 18.0 Å². The zero-order chi connectivity index (χ0) is 13.1. The summed E-state index contributed by atoms with van der Waals surface area (Å²) in [5.41, 5.74) is 3.61. The van der Waals surface area contributed by atoms with Gasteiger partial charge in [0, 0.05) is 23.2 Å². The first-order valence-electron chi connectivity index (χ1n) is 5.72. The fraction of sp³-hybridized carbons (Fsp3) is 0.214. The van der Waals surface area contributed by atoms with E-state index in [-0.39, 0.29) is 5.78 Å². The van der Waals surface area contributed by atoms with Crippen LogP contribution in [0.1, 0.15) is 18.2 Å². The van der Waals surface area contributed by atoms with Crippen molar-refractivity contribution in [3.05, 3.63) is 46.4 Å². The van der Waals surface area contributed by atoms with Crippen molar-refractivity contribution in [1.29, 1.82) is 0 Å². The molecular weight excluding hydrogens is 244 g/mol. The topological polar surface area (TPSA) is 45.8 Å². The molecule has 18 heavy (non-hydrogen) atoms. The fourth-order valence-corrected chi connectivity index (χ4v) is 2.15. The highest BCUT2D eigenvalue weighted by Crippen LogP contribution is 2.23. The lowest BCUT2D eigenvalue weighted by atomic mass is 10.0. The van der Waals surface area contributed by atoms with Crippen LogP contribution in [-0.2, 0) is 11.2 Å². The molecule has 0 unspecified atom stereocenters. The molecule has 1 aromatic carbocycles. The molecule has 2 aromatic rings. The van der Waals surface area contributed by atoms with E-state index < -0.39 is 0 Å². The number of aromatic amines is 1. The standard InChI is InChI=1S/C14H14N2OS/c1-9(17)8-12-10(2)15-14(18)16-13(12)11-6-4-3-5-7-11/h3-7H,8H2,1-2H3,(H,15,16,18). The number of benzene rings is 1. The first kappa shape index (κ1) is 12.6. The van der Waals surface area contributed by atoms with Crippen molar-refractivity contribution in [1.82, 2.24) is 9.97 Å². The second kappa shape index (κ2) is 5.23. The number of aryl methyl sites for hydroxylation is 1. The minimum atomic E-state index is 0.114. The Labute approximate surface area is 111 Å². The van der Waals surface area contributed by atoms with E-state index in [1.165, 1.54) is 0 Å². The van der Waals surface area contributed by atoms with Crippen LogP contribution in [0, 0.1) is 11.7 Å². The van der Waals surface area contributed by atoms with Crippen LogP contribution in [0.15, 0.2) is 30.3 Å². The molecular formula is C14H14N2OS. The lowest BCUT2D eigenvalue weighted by Gasteiger charge is -2.10. The molecule has 0 radical (unpaired) electrons. The van der Waals surface area contributed by atoms with Gasteiger partial charge >= 0.3 is 0 Å². The van der Waals surface area contributed by atoms with Gasteiger partial charge in [0.2, 0.25) is 0 Å². The van der Waals surface area contributed by atoms with E-state index in [2.05, 4.69) is 9.97 Å². The number of nitrogens with one attached hydrogen (secondary N) is 1. The quantitative estimate of drug-likeness (QED) is 0.860. The highest BCUT2D eigenvalue weighted by molar-refractivity contribution is 7.71. The number of Topliss-reactive ketones (excluding diaryl/α,β-unsaturated/α-hetero) is 1. The van der Waals surface area contributed by atoms with Gasteiger partial charge in [0.15, 0.2) is 4.77 Å². The van der Waals surface area contributed by atoms with Gasteiger partial charge in [-0.15, -0.1) is 0 Å². The van der Waals surface area contributed by atoms with Crippen molar-refractivity contribution in [3.63, 3.8) is 0 Å². The Morgan fingerprint density at radius 3 is 2.61 bits per heavy atom. The van der Waals surface area contributed by atoms with E-state index in [1.54, 1.807) is 6.92 Å². The number of aromatic nitrogens is 2. The van der Waals surface area contributed by atoms with Crippen molar-refractivity contribution in [3.8, 4) is 11.3 Å². The highest BCUT2D eigenvalue weighted by atomic mass is 32.1. The zero-order valence-electron chi connectivity index (χ0n) is 10.4. The van der Waals surface area contributed by atoms with E-state index in [9.17, 15) is 4.79 Å². The summed E-state index contributed by atoms with van der Waals surface area (Å²) in [5.74, 6) is 0.114. The van der Waals surface area contributed by atoms with Crippen LogP contribution in [0.5, 0.6) is 0 Å². The number of ketones is 1. The predicted molar refractivity (Wildman–Crippen MR) is 74.0 cm³/mol. The van der Waals surface area contributed by atoms with Crippen LogP contribution in [0.4, 0.5) is 0 Å². The van der Waals surface area contributed by atoms with Gasteiger partial charge in [0.25, 0.3) is 0 Å². The second-order valence-corrected chi connectivity index (χ2v) is 4.63. The van der Waals surface area contributed by atoms with Crippen molar-refractivity contribution < 1.29 is 4.79 Å². The molecule has 1 N–H and O–H groups in total. The van der Waals surface area contributed by atoms with E-state index >= 15 is 0 Å². The summed E-state index contributed by atoms with van der Waals surface area (Å²) < 4.78 is 0.443. The van der Waals surface area contributed by atoms with Crippen LogP contribution < -0.4 is 0 Å². The van der Waals surface area contributed by atoms with Gasteiger partial charge in [-0.05, 0) is 26.1 Å². The lowest BCUT2D eigenvalue weighted by molar-refractivity contribution is -0.116. The van der Waals surface area contributed by atoms with Gasteiger partial charge in [0.05, 0.1) is 5.69 Å². The molecule has 1 heterocycles. The fourth-order valence-electron chi connectivity index (χ4n) is 1.91. The first-order valence-corrected chi connectivity index (χ1v) is 6.13. The maximum atomic E-state index is 11.4. The lowest BCUT2D eigenvalue weighted by Crippen LogP contribution is -2.05. The van der Waals surface area contributed by atoms with Crippen LogP contribution in [0.3, 0.4) is 0 Å². The van der Waals surface area contributed by atoms with Gasteiger partial charge in [0.1, 0.15) is 5.78 Å². The number of hydrogen-bond donors (Lipinski definition) is 1. The molecule has 0 atom stereocenters. The Kier molecular flexibility index (Phi) is 3.67. The van der Waals surface area contributed by atoms with Crippen LogP contribution in [0.2, 0.25) is 0 Å². The smallest absolute Gasteiger partial charge is 0.197 e. The number of rotatable bonds is 3. The number of nitrogens with zero attached hydrogens (tertiary/aromatic N) is 1. The van der Waals surface area contributed by atoms with Crippen LogP contribution >= 0.6 is 12.2 Å². The Morgan fingerprint density at radius 2 is 2.00 bits per heavy atom. The maximum absolute atomic E-state index is 11.4. The summed E-state index contributed by atoms with van der Waals surface area (Å²) >= 11 is 5.11. The van der Waals surface area contributed by atoms with Crippen molar-refractivity contribution in [2.45, 2.75) is 20.3 Å². The van der Waals surface area contributed by atoms with Gasteiger partial charge in [-0.1, -0.05) is 30.3 Å². The van der Waals surface area contributed by atoms with Crippen LogP contribution in [-0.4, -0.2) is 15.8 Å². The monoisotopic (exact) mass is 258 g/mol. The van der Waals surface area contributed by atoms with Gasteiger partial charge < -0.3 is 4.98 Å². The summed E-state index contributed by atoms with van der Waals surface area (Å²) in [6.45, 7) is 3.50. The molecule has 0 aliphatic heterocycles. The van der Waals surface area contributed by atoms with Gasteiger partial charge in [-0.25, -0.2) is 4.98 Å². The zero-order valence-corrected chi connectivity index (χ0v) is 11.2. The molecule has 0 bridgehead atoms. The molecule has 2 rings (SSSR count). The Hall–Kier alpha value is -1.81. The van der Waals surface area contributed by atoms with E-state index in [1.807, 2.05) is 37.3 Å². The predicted octanol–water partition coefficient (Wildman–Crippen LogP) is 3.25. The molecule has 4 heteroatoms. The minimum absolute atomic E-state index is 0.114. The molecule has 0 amide bonds. The van der Waals surface area contributed by atoms with E-state index in [4.69, 9.17) is 12.2 Å². The maximum Gasteiger partial charge on any atom is 0.197 e. The summed E-state index contributed by atoms with van der Waals surface area (Å²) in [6, 6.07) is 9.79. The number of carbonyl (C=O) groups excluding carboxylic acids is 1. The van der Waals surface area contributed by atoms with Gasteiger partial charge in [-0.2, -0.15) is 0 Å². The first-order chi connectivity index (χ1) is 8.58. The number of H-pyrrole nitrogens is 1. The molecule has 0 aliphatic carbocycles. The van der Waals surface area contributed by atoms with Crippen molar-refractivity contribution in [2.24, 2.45) is 0 Å². The van der Waals surface area contributed by atoms with Gasteiger partial charge in [-0.3, -0.25) is 4.79 Å². The van der Waals surface area contributed by atoms with E-state index in [0.29, 0.717) is 11.2 Å².